The first-order valence-corrected chi connectivity index (χ1v) is 8.56. The minimum absolute atomic E-state index is 0.768. The Morgan fingerprint density at radius 2 is 2.33 bits per heavy atom. The van der Waals surface area contributed by atoms with Gasteiger partial charge in [-0.1, -0.05) is 17.7 Å². The zero-order valence-electron chi connectivity index (χ0n) is 12.7. The first-order chi connectivity index (χ1) is 10.4. The summed E-state index contributed by atoms with van der Waals surface area (Å²) in [6, 6.07) is 4.26. The lowest BCUT2D eigenvalue weighted by molar-refractivity contribution is 0.153. The largest absolute Gasteiger partial charge is 0.377 e. The van der Waals surface area contributed by atoms with Gasteiger partial charge in [0.15, 0.2) is 5.96 Å². The summed E-state index contributed by atoms with van der Waals surface area (Å²) in [6.07, 6.45) is 5.34. The second kappa shape index (κ2) is 9.58. The summed E-state index contributed by atoms with van der Waals surface area (Å²) in [5, 5.41) is 8.82. The van der Waals surface area contributed by atoms with Crippen LogP contribution in [-0.2, 0) is 11.2 Å². The van der Waals surface area contributed by atoms with Gasteiger partial charge in [-0.05, 0) is 31.2 Å². The molecule has 0 saturated heterocycles. The zero-order valence-corrected chi connectivity index (χ0v) is 13.5. The van der Waals surface area contributed by atoms with Crippen LogP contribution in [0.15, 0.2) is 34.2 Å². The lowest BCUT2D eigenvalue weighted by atomic mass is 10.1. The predicted octanol–water partition coefficient (Wildman–Crippen LogP) is 2.58. The predicted molar refractivity (Wildman–Crippen MR) is 90.1 cm³/mol. The fourth-order valence-electron chi connectivity index (χ4n) is 2.21. The molecule has 1 aromatic rings. The molecule has 116 valence electrons. The summed E-state index contributed by atoms with van der Waals surface area (Å²) in [5.74, 6) is 0.918. The minimum Gasteiger partial charge on any atom is -0.377 e. The van der Waals surface area contributed by atoms with E-state index in [9.17, 15) is 0 Å². The zero-order chi connectivity index (χ0) is 14.8. The Morgan fingerprint density at radius 3 is 3.05 bits per heavy atom. The topological polar surface area (TPSA) is 45.7 Å². The third-order valence-electron chi connectivity index (χ3n) is 3.35. The summed E-state index contributed by atoms with van der Waals surface area (Å²) in [6.45, 7) is 6.37. The van der Waals surface area contributed by atoms with Crippen molar-refractivity contribution in [3.8, 4) is 0 Å². The van der Waals surface area contributed by atoms with Crippen LogP contribution >= 0.6 is 11.3 Å². The molecule has 0 spiro atoms. The number of nitrogens with zero attached hydrogens (tertiary/aromatic N) is 1. The Balaban J connectivity index is 1.71. The van der Waals surface area contributed by atoms with Gasteiger partial charge in [-0.2, -0.15) is 0 Å². The fourth-order valence-corrected chi connectivity index (χ4v) is 2.91. The molecule has 0 aliphatic carbocycles. The van der Waals surface area contributed by atoms with Crippen LogP contribution in [0.5, 0.6) is 0 Å². The van der Waals surface area contributed by atoms with Crippen LogP contribution in [0, 0.1) is 0 Å². The molecule has 2 N–H and O–H groups in total. The number of hydrogen-bond acceptors (Lipinski definition) is 3. The molecule has 1 aliphatic rings. The second-order valence-electron chi connectivity index (χ2n) is 4.95. The molecule has 0 aromatic carbocycles. The third kappa shape index (κ3) is 6.31. The molecule has 0 amide bonds. The SMILES string of the molecule is CCNC(=NCCc1cccs1)NCCC1=CCOCC1. The van der Waals surface area contributed by atoms with E-state index in [2.05, 4.69) is 46.1 Å². The van der Waals surface area contributed by atoms with Crippen LogP contribution in [0.1, 0.15) is 24.6 Å². The van der Waals surface area contributed by atoms with Crippen LogP contribution in [0.4, 0.5) is 0 Å². The van der Waals surface area contributed by atoms with Crippen LogP contribution in [0.25, 0.3) is 0 Å². The number of guanidine groups is 1. The van der Waals surface area contributed by atoms with Crippen molar-refractivity contribution in [3.63, 3.8) is 0 Å². The van der Waals surface area contributed by atoms with Crippen molar-refractivity contribution in [2.75, 3.05) is 32.8 Å². The standard InChI is InChI=1S/C16H25N3OS/c1-2-17-16(19-10-6-15-4-3-13-21-15)18-9-5-14-7-11-20-12-8-14/h3-4,7,13H,2,5-6,8-12H2,1H3,(H2,17,18,19). The van der Waals surface area contributed by atoms with Crippen molar-refractivity contribution in [2.45, 2.75) is 26.2 Å². The molecule has 4 nitrogen and oxygen atoms in total. The summed E-state index contributed by atoms with van der Waals surface area (Å²) in [4.78, 5) is 6.02. The Kier molecular flexibility index (Phi) is 7.32. The third-order valence-corrected chi connectivity index (χ3v) is 4.28. The average molecular weight is 307 g/mol. The van der Waals surface area contributed by atoms with Crippen LogP contribution in [0.2, 0.25) is 0 Å². The van der Waals surface area contributed by atoms with E-state index < -0.39 is 0 Å². The molecule has 0 radical (unpaired) electrons. The van der Waals surface area contributed by atoms with Gasteiger partial charge < -0.3 is 15.4 Å². The molecule has 0 fully saturated rings. The quantitative estimate of drug-likeness (QED) is 0.462. The van der Waals surface area contributed by atoms with Crippen LogP contribution in [-0.4, -0.2) is 38.8 Å². The van der Waals surface area contributed by atoms with Gasteiger partial charge in [-0.15, -0.1) is 11.3 Å². The highest BCUT2D eigenvalue weighted by atomic mass is 32.1. The van der Waals surface area contributed by atoms with E-state index in [0.29, 0.717) is 0 Å². The molecular weight excluding hydrogens is 282 g/mol. The van der Waals surface area contributed by atoms with E-state index in [1.807, 2.05) is 0 Å². The van der Waals surface area contributed by atoms with Gasteiger partial charge in [0.25, 0.3) is 0 Å². The fraction of sp³-hybridized carbons (Fsp3) is 0.562. The van der Waals surface area contributed by atoms with Gasteiger partial charge in [-0.25, -0.2) is 0 Å². The number of aliphatic imine (C=N–C) groups is 1. The molecule has 0 unspecified atom stereocenters. The van der Waals surface area contributed by atoms with Gasteiger partial charge in [0.1, 0.15) is 0 Å². The molecular formula is C16H25N3OS. The Morgan fingerprint density at radius 1 is 1.38 bits per heavy atom. The number of nitrogens with one attached hydrogen (secondary N) is 2. The first-order valence-electron chi connectivity index (χ1n) is 7.68. The Bertz CT molecular complexity index is 454. The monoisotopic (exact) mass is 307 g/mol. The normalized spacial score (nSPS) is 15.7. The number of thiophene rings is 1. The summed E-state index contributed by atoms with van der Waals surface area (Å²) in [7, 11) is 0. The van der Waals surface area contributed by atoms with Gasteiger partial charge in [0.05, 0.1) is 13.2 Å². The molecule has 0 bridgehead atoms. The van der Waals surface area contributed by atoms with Crippen LogP contribution in [0.3, 0.4) is 0 Å². The number of hydrogen-bond donors (Lipinski definition) is 2. The lowest BCUT2D eigenvalue weighted by Crippen LogP contribution is -2.38. The second-order valence-corrected chi connectivity index (χ2v) is 5.99. The molecule has 0 saturated carbocycles. The maximum atomic E-state index is 5.32. The maximum Gasteiger partial charge on any atom is 0.191 e. The number of rotatable bonds is 7. The Labute approximate surface area is 131 Å². The average Bonchev–Trinajstić information content (AvgIpc) is 3.02. The summed E-state index contributed by atoms with van der Waals surface area (Å²) < 4.78 is 5.32. The highest BCUT2D eigenvalue weighted by Crippen LogP contribution is 2.11. The maximum absolute atomic E-state index is 5.32. The van der Waals surface area contributed by atoms with E-state index in [0.717, 1.165) is 58.1 Å². The molecule has 1 aliphatic heterocycles. The van der Waals surface area contributed by atoms with Gasteiger partial charge >= 0.3 is 0 Å². The van der Waals surface area contributed by atoms with Gasteiger partial charge in [0.2, 0.25) is 0 Å². The molecule has 1 aromatic heterocycles. The molecule has 2 heterocycles. The summed E-state index contributed by atoms with van der Waals surface area (Å²) in [5.41, 5.74) is 1.49. The number of ether oxygens (including phenoxy) is 1. The molecule has 21 heavy (non-hydrogen) atoms. The molecule has 2 rings (SSSR count). The van der Waals surface area contributed by atoms with Crippen molar-refractivity contribution in [1.82, 2.24) is 10.6 Å². The first kappa shape index (κ1) is 16.0. The van der Waals surface area contributed by atoms with E-state index in [4.69, 9.17) is 4.74 Å². The Hall–Kier alpha value is -1.33. The van der Waals surface area contributed by atoms with E-state index in [1.54, 1.807) is 11.3 Å². The van der Waals surface area contributed by atoms with E-state index in [-0.39, 0.29) is 0 Å². The molecule has 0 atom stereocenters. The van der Waals surface area contributed by atoms with Crippen molar-refractivity contribution in [2.24, 2.45) is 4.99 Å². The summed E-state index contributed by atoms with van der Waals surface area (Å²) >= 11 is 1.80. The van der Waals surface area contributed by atoms with E-state index >= 15 is 0 Å². The highest BCUT2D eigenvalue weighted by molar-refractivity contribution is 7.09. The van der Waals surface area contributed by atoms with Gasteiger partial charge in [0, 0.05) is 30.9 Å². The van der Waals surface area contributed by atoms with Crippen molar-refractivity contribution in [3.05, 3.63) is 34.0 Å². The van der Waals surface area contributed by atoms with Crippen molar-refractivity contribution >= 4 is 17.3 Å². The molecule has 5 heteroatoms. The van der Waals surface area contributed by atoms with E-state index in [1.165, 1.54) is 10.5 Å². The van der Waals surface area contributed by atoms with Crippen molar-refractivity contribution in [1.29, 1.82) is 0 Å². The van der Waals surface area contributed by atoms with Crippen molar-refractivity contribution < 1.29 is 4.74 Å². The van der Waals surface area contributed by atoms with Gasteiger partial charge in [-0.3, -0.25) is 4.99 Å². The van der Waals surface area contributed by atoms with Crippen LogP contribution < -0.4 is 10.6 Å². The lowest BCUT2D eigenvalue weighted by Gasteiger charge is -2.15. The minimum atomic E-state index is 0.768. The highest BCUT2D eigenvalue weighted by Gasteiger charge is 2.04. The smallest absolute Gasteiger partial charge is 0.191 e.